The molecule has 0 aliphatic heterocycles. The molecule has 0 spiro atoms. The van der Waals surface area contributed by atoms with Gasteiger partial charge < -0.3 is 4.42 Å². The SMILES string of the molecule is Cc1oc(NC(=O)CN(C)C(C)c2cccs2)c(C#N)c1C. The van der Waals surface area contributed by atoms with Gasteiger partial charge in [0.1, 0.15) is 17.4 Å². The zero-order valence-corrected chi connectivity index (χ0v) is 14.0. The molecule has 6 heteroatoms. The molecule has 0 radical (unpaired) electrons. The molecule has 0 saturated carbocycles. The van der Waals surface area contributed by atoms with Crippen LogP contribution in [0, 0.1) is 25.2 Å². The van der Waals surface area contributed by atoms with Crippen LogP contribution in [0.1, 0.15) is 34.7 Å². The molecule has 1 unspecified atom stereocenters. The number of furan rings is 1. The Hall–Kier alpha value is -2.10. The molecule has 1 atom stereocenters. The number of hydrogen-bond acceptors (Lipinski definition) is 5. The van der Waals surface area contributed by atoms with Gasteiger partial charge in [-0.3, -0.25) is 15.0 Å². The summed E-state index contributed by atoms with van der Waals surface area (Å²) in [6.07, 6.45) is 0. The van der Waals surface area contributed by atoms with E-state index >= 15 is 0 Å². The smallest absolute Gasteiger partial charge is 0.240 e. The summed E-state index contributed by atoms with van der Waals surface area (Å²) in [6.45, 7) is 5.86. The minimum atomic E-state index is -0.198. The molecule has 5 nitrogen and oxygen atoms in total. The Morgan fingerprint density at radius 1 is 1.55 bits per heavy atom. The van der Waals surface area contributed by atoms with Gasteiger partial charge in [-0.25, -0.2) is 0 Å². The number of nitrogens with one attached hydrogen (secondary N) is 1. The average molecular weight is 317 g/mol. The quantitative estimate of drug-likeness (QED) is 0.917. The number of thiophene rings is 1. The normalized spacial score (nSPS) is 12.2. The van der Waals surface area contributed by atoms with Gasteiger partial charge in [0.2, 0.25) is 11.8 Å². The van der Waals surface area contributed by atoms with Crippen LogP contribution in [-0.4, -0.2) is 24.4 Å². The molecular weight excluding hydrogens is 298 g/mol. The van der Waals surface area contributed by atoms with E-state index in [1.165, 1.54) is 4.88 Å². The highest BCUT2D eigenvalue weighted by molar-refractivity contribution is 7.10. The van der Waals surface area contributed by atoms with Crippen molar-refractivity contribution in [2.45, 2.75) is 26.8 Å². The van der Waals surface area contributed by atoms with Crippen molar-refractivity contribution < 1.29 is 9.21 Å². The van der Waals surface area contributed by atoms with Gasteiger partial charge >= 0.3 is 0 Å². The predicted octanol–water partition coefficient (Wildman–Crippen LogP) is 3.46. The highest BCUT2D eigenvalue weighted by atomic mass is 32.1. The maximum absolute atomic E-state index is 12.2. The first-order valence-electron chi connectivity index (χ1n) is 6.97. The molecule has 2 aromatic rings. The van der Waals surface area contributed by atoms with Crippen LogP contribution in [0.4, 0.5) is 5.88 Å². The van der Waals surface area contributed by atoms with Gasteiger partial charge in [-0.05, 0) is 39.3 Å². The molecule has 0 aliphatic carbocycles. The highest BCUT2D eigenvalue weighted by Crippen LogP contribution is 2.26. The lowest BCUT2D eigenvalue weighted by Gasteiger charge is -2.22. The first-order valence-corrected chi connectivity index (χ1v) is 7.85. The summed E-state index contributed by atoms with van der Waals surface area (Å²) in [6, 6.07) is 6.27. The topological polar surface area (TPSA) is 69.3 Å². The van der Waals surface area contributed by atoms with Crippen molar-refractivity contribution in [3.63, 3.8) is 0 Å². The Kier molecular flexibility index (Phi) is 5.01. The molecule has 2 rings (SSSR count). The van der Waals surface area contributed by atoms with Crippen molar-refractivity contribution in [2.75, 3.05) is 18.9 Å². The average Bonchev–Trinajstić information content (AvgIpc) is 3.08. The van der Waals surface area contributed by atoms with Crippen LogP contribution < -0.4 is 5.32 Å². The largest absolute Gasteiger partial charge is 0.444 e. The molecule has 0 aliphatic rings. The van der Waals surface area contributed by atoms with Gasteiger partial charge in [0.25, 0.3) is 0 Å². The minimum Gasteiger partial charge on any atom is -0.444 e. The second-order valence-corrected chi connectivity index (χ2v) is 6.23. The molecule has 2 heterocycles. The number of anilines is 1. The van der Waals surface area contributed by atoms with Crippen LogP contribution in [-0.2, 0) is 4.79 Å². The van der Waals surface area contributed by atoms with Crippen molar-refractivity contribution >= 4 is 23.1 Å². The number of nitriles is 1. The van der Waals surface area contributed by atoms with E-state index in [0.29, 0.717) is 11.3 Å². The Labute approximate surface area is 134 Å². The summed E-state index contributed by atoms with van der Waals surface area (Å²) < 4.78 is 5.45. The fraction of sp³-hybridized carbons (Fsp3) is 0.375. The molecular formula is C16H19N3O2S. The predicted molar refractivity (Wildman–Crippen MR) is 86.9 cm³/mol. The molecule has 22 heavy (non-hydrogen) atoms. The standard InChI is InChI=1S/C16H19N3O2S/c1-10-12(3)21-16(13(10)8-17)18-15(20)9-19(4)11(2)14-6-5-7-22-14/h5-7,11H,9H2,1-4H3,(H,18,20). The van der Waals surface area contributed by atoms with Crippen LogP contribution in [0.15, 0.2) is 21.9 Å². The van der Waals surface area contributed by atoms with Crippen LogP contribution >= 0.6 is 11.3 Å². The van der Waals surface area contributed by atoms with E-state index < -0.39 is 0 Å². The fourth-order valence-corrected chi connectivity index (χ4v) is 2.97. The van der Waals surface area contributed by atoms with Gasteiger partial charge in [-0.1, -0.05) is 6.07 Å². The summed E-state index contributed by atoms with van der Waals surface area (Å²) in [4.78, 5) is 15.3. The molecule has 1 N–H and O–H groups in total. The van der Waals surface area contributed by atoms with Gasteiger partial charge in [-0.15, -0.1) is 11.3 Å². The third kappa shape index (κ3) is 3.38. The van der Waals surface area contributed by atoms with E-state index in [4.69, 9.17) is 9.68 Å². The number of aryl methyl sites for hydroxylation is 1. The maximum Gasteiger partial charge on any atom is 0.240 e. The zero-order valence-electron chi connectivity index (χ0n) is 13.1. The van der Waals surface area contributed by atoms with E-state index in [9.17, 15) is 4.79 Å². The summed E-state index contributed by atoms with van der Waals surface area (Å²) in [5.41, 5.74) is 1.15. The number of likely N-dealkylation sites (N-methyl/N-ethyl adjacent to an activating group) is 1. The second kappa shape index (κ2) is 6.77. The lowest BCUT2D eigenvalue weighted by atomic mass is 10.2. The number of carbonyl (C=O) groups is 1. The monoisotopic (exact) mass is 317 g/mol. The molecule has 0 aromatic carbocycles. The number of carbonyl (C=O) groups excluding carboxylic acids is 1. The van der Waals surface area contributed by atoms with Crippen LogP contribution in [0.25, 0.3) is 0 Å². The van der Waals surface area contributed by atoms with Crippen molar-refractivity contribution in [3.8, 4) is 6.07 Å². The lowest BCUT2D eigenvalue weighted by molar-refractivity contribution is -0.117. The highest BCUT2D eigenvalue weighted by Gasteiger charge is 2.19. The van der Waals surface area contributed by atoms with E-state index in [0.717, 1.165) is 5.56 Å². The third-order valence-corrected chi connectivity index (χ3v) is 4.80. The third-order valence-electron chi connectivity index (χ3n) is 3.76. The summed E-state index contributed by atoms with van der Waals surface area (Å²) >= 11 is 1.67. The number of nitrogens with zero attached hydrogens (tertiary/aromatic N) is 2. The van der Waals surface area contributed by atoms with E-state index in [1.54, 1.807) is 25.2 Å². The van der Waals surface area contributed by atoms with Gasteiger partial charge in [0, 0.05) is 16.5 Å². The van der Waals surface area contributed by atoms with Gasteiger partial charge in [0.05, 0.1) is 6.54 Å². The minimum absolute atomic E-state index is 0.154. The van der Waals surface area contributed by atoms with Crippen LogP contribution in [0.5, 0.6) is 0 Å². The second-order valence-electron chi connectivity index (χ2n) is 5.25. The molecule has 0 bridgehead atoms. The van der Waals surface area contributed by atoms with Crippen molar-refractivity contribution in [1.29, 1.82) is 5.26 Å². The Morgan fingerprint density at radius 2 is 2.27 bits per heavy atom. The van der Waals surface area contributed by atoms with Crippen molar-refractivity contribution in [2.24, 2.45) is 0 Å². The van der Waals surface area contributed by atoms with Gasteiger partial charge in [-0.2, -0.15) is 5.26 Å². The summed E-state index contributed by atoms with van der Waals surface area (Å²) in [7, 11) is 1.90. The van der Waals surface area contributed by atoms with E-state index in [2.05, 4.69) is 24.4 Å². The fourth-order valence-electron chi connectivity index (χ4n) is 2.13. The Bertz CT molecular complexity index is 698. The molecule has 1 amide bonds. The molecule has 0 fully saturated rings. The van der Waals surface area contributed by atoms with E-state index in [1.807, 2.05) is 23.4 Å². The Morgan fingerprint density at radius 3 is 2.86 bits per heavy atom. The first-order chi connectivity index (χ1) is 10.4. The summed E-state index contributed by atoms with van der Waals surface area (Å²) in [5, 5.41) is 13.9. The number of hydrogen-bond donors (Lipinski definition) is 1. The molecule has 2 aromatic heterocycles. The van der Waals surface area contributed by atoms with Crippen molar-refractivity contribution in [3.05, 3.63) is 39.3 Å². The van der Waals surface area contributed by atoms with E-state index in [-0.39, 0.29) is 24.4 Å². The molecule has 116 valence electrons. The number of amides is 1. The van der Waals surface area contributed by atoms with Crippen LogP contribution in [0.3, 0.4) is 0 Å². The number of rotatable bonds is 5. The van der Waals surface area contributed by atoms with Gasteiger partial charge in [0.15, 0.2) is 0 Å². The first kappa shape index (κ1) is 16.3. The summed E-state index contributed by atoms with van der Waals surface area (Å²) in [5.74, 6) is 0.683. The lowest BCUT2D eigenvalue weighted by Crippen LogP contribution is -2.32. The zero-order chi connectivity index (χ0) is 16.3. The maximum atomic E-state index is 12.2. The Balaban J connectivity index is 2.02. The van der Waals surface area contributed by atoms with Crippen LogP contribution in [0.2, 0.25) is 0 Å². The molecule has 0 saturated heterocycles. The van der Waals surface area contributed by atoms with Crippen molar-refractivity contribution in [1.82, 2.24) is 4.90 Å².